The van der Waals surface area contributed by atoms with E-state index < -0.39 is 30.0 Å². The molecule has 1 unspecified atom stereocenters. The van der Waals surface area contributed by atoms with Crippen molar-refractivity contribution in [3.05, 3.63) is 77.5 Å². The number of aliphatic carboxylic acids is 1. The second-order valence-electron chi connectivity index (χ2n) is 10.6. The number of carboxylic acids is 1. The second kappa shape index (κ2) is 17.5. The Labute approximate surface area is 280 Å². The van der Waals surface area contributed by atoms with Crippen LogP contribution < -0.4 is 36.3 Å². The summed E-state index contributed by atoms with van der Waals surface area (Å²) in [7, 11) is 0. The van der Waals surface area contributed by atoms with Gasteiger partial charge in [0.1, 0.15) is 17.7 Å². The SMILES string of the molecule is CCOc1cc(C(Nc2ccc(C(=N)N)cc2)C(=O)NNC(=O)c2cccnc2N2CCOCC2)ccc1OC(C)C.O=C(O)C(F)(F)F. The molecule has 14 nitrogen and oxygen atoms in total. The van der Waals surface area contributed by atoms with Crippen LogP contribution in [0, 0.1) is 5.41 Å². The van der Waals surface area contributed by atoms with Crippen molar-refractivity contribution in [1.29, 1.82) is 5.41 Å². The number of amides is 2. The lowest BCUT2D eigenvalue weighted by atomic mass is 10.0. The summed E-state index contributed by atoms with van der Waals surface area (Å²) in [6, 6.07) is 14.5. The number of amidine groups is 1. The minimum Gasteiger partial charge on any atom is -0.490 e. The predicted octanol–water partition coefficient (Wildman–Crippen LogP) is 3.64. The Morgan fingerprint density at radius 3 is 2.29 bits per heavy atom. The van der Waals surface area contributed by atoms with Crippen LogP contribution in [0.15, 0.2) is 60.8 Å². The van der Waals surface area contributed by atoms with E-state index in [1.807, 2.05) is 25.7 Å². The summed E-state index contributed by atoms with van der Waals surface area (Å²) in [6.45, 7) is 8.40. The first-order chi connectivity index (χ1) is 23.2. The number of nitrogen functional groups attached to an aromatic ring is 1. The number of carbonyl (C=O) groups excluding carboxylic acids is 2. The number of carboxylic acid groups (broad SMARTS) is 1. The Morgan fingerprint density at radius 1 is 1.06 bits per heavy atom. The maximum absolute atomic E-state index is 13.6. The van der Waals surface area contributed by atoms with Crippen LogP contribution in [0.5, 0.6) is 11.5 Å². The van der Waals surface area contributed by atoms with Crippen LogP contribution in [0.25, 0.3) is 0 Å². The zero-order valence-electron chi connectivity index (χ0n) is 27.0. The summed E-state index contributed by atoms with van der Waals surface area (Å²) in [4.78, 5) is 42.1. The first-order valence-electron chi connectivity index (χ1n) is 15.0. The average Bonchev–Trinajstić information content (AvgIpc) is 3.07. The smallest absolute Gasteiger partial charge is 0.490 e. The number of aromatic nitrogens is 1. The highest BCUT2D eigenvalue weighted by atomic mass is 19.4. The molecule has 0 aliphatic carbocycles. The summed E-state index contributed by atoms with van der Waals surface area (Å²) >= 11 is 0. The van der Waals surface area contributed by atoms with Crippen molar-refractivity contribution >= 4 is 35.1 Å². The van der Waals surface area contributed by atoms with E-state index in [1.54, 1.807) is 60.8 Å². The molecule has 0 saturated carbocycles. The number of nitrogens with one attached hydrogen (secondary N) is 4. The molecule has 4 rings (SSSR count). The van der Waals surface area contributed by atoms with Gasteiger partial charge < -0.3 is 35.3 Å². The van der Waals surface area contributed by atoms with Crippen molar-refractivity contribution in [3.8, 4) is 11.5 Å². The molecule has 0 radical (unpaired) electrons. The molecule has 1 fully saturated rings. The first-order valence-corrected chi connectivity index (χ1v) is 15.0. The van der Waals surface area contributed by atoms with Crippen molar-refractivity contribution in [2.45, 2.75) is 39.1 Å². The Hall–Kier alpha value is -5.58. The zero-order chi connectivity index (χ0) is 36.1. The van der Waals surface area contributed by atoms with Gasteiger partial charge in [-0.05, 0) is 74.9 Å². The number of hydrogen-bond acceptors (Lipinski definition) is 10. The van der Waals surface area contributed by atoms with E-state index in [0.717, 1.165) is 0 Å². The fraction of sp³-hybridized carbons (Fsp3) is 0.344. The lowest BCUT2D eigenvalue weighted by Crippen LogP contribution is -2.46. The standard InChI is InChI=1S/C30H37N7O5.C2HF3O2/c1-4-41-25-18-21(9-12-24(25)42-19(2)3)26(34-22-10-7-20(8-11-22)27(31)32)30(39)36-35-29(38)23-6-5-13-33-28(23)37-14-16-40-17-15-37;3-2(4,5)1(6)7/h5-13,18-19,26,34H,4,14-17H2,1-3H3,(H3,31,32)(H,35,38)(H,36,39);(H,6,7). The molecule has 3 aromatic rings. The summed E-state index contributed by atoms with van der Waals surface area (Å²) in [5, 5.41) is 18.0. The molecule has 1 aliphatic rings. The van der Waals surface area contributed by atoms with E-state index >= 15 is 0 Å². The van der Waals surface area contributed by atoms with Gasteiger partial charge in [-0.15, -0.1) is 0 Å². The second-order valence-corrected chi connectivity index (χ2v) is 10.6. The molecular formula is C32H38F3N7O7. The van der Waals surface area contributed by atoms with E-state index in [2.05, 4.69) is 21.2 Å². The van der Waals surface area contributed by atoms with Crippen molar-refractivity contribution < 1.29 is 46.9 Å². The number of carbonyl (C=O) groups is 3. The minimum absolute atomic E-state index is 0.0625. The quantitative estimate of drug-likeness (QED) is 0.0976. The normalized spacial score (nSPS) is 13.3. The zero-order valence-corrected chi connectivity index (χ0v) is 27.0. The molecule has 1 saturated heterocycles. The number of nitrogens with zero attached hydrogens (tertiary/aromatic N) is 2. The van der Waals surface area contributed by atoms with Crippen LogP contribution in [0.3, 0.4) is 0 Å². The number of benzene rings is 2. The molecular weight excluding hydrogens is 651 g/mol. The Morgan fingerprint density at radius 2 is 1.71 bits per heavy atom. The largest absolute Gasteiger partial charge is 0.490 e. The van der Waals surface area contributed by atoms with Crippen molar-refractivity contribution in [2.24, 2.45) is 5.73 Å². The molecule has 2 aromatic carbocycles. The van der Waals surface area contributed by atoms with Gasteiger partial charge in [0, 0.05) is 30.5 Å². The topological polar surface area (TPSA) is 201 Å². The van der Waals surface area contributed by atoms with E-state index in [0.29, 0.717) is 72.6 Å². The minimum atomic E-state index is -5.08. The van der Waals surface area contributed by atoms with E-state index in [4.69, 9.17) is 35.3 Å². The van der Waals surface area contributed by atoms with Gasteiger partial charge in [0.05, 0.1) is 31.5 Å². The summed E-state index contributed by atoms with van der Waals surface area (Å²) < 4.78 is 48.9. The molecule has 1 atom stereocenters. The molecule has 7 N–H and O–H groups in total. The Bertz CT molecular complexity index is 1600. The molecule has 49 heavy (non-hydrogen) atoms. The number of anilines is 2. The van der Waals surface area contributed by atoms with Crippen molar-refractivity contribution in [2.75, 3.05) is 43.1 Å². The Kier molecular flexibility index (Phi) is 13.6. The van der Waals surface area contributed by atoms with Crippen LogP contribution in [-0.4, -0.2) is 78.9 Å². The Balaban J connectivity index is 0.000000838. The van der Waals surface area contributed by atoms with Crippen molar-refractivity contribution in [1.82, 2.24) is 15.8 Å². The molecule has 264 valence electrons. The molecule has 0 spiro atoms. The highest BCUT2D eigenvalue weighted by molar-refractivity contribution is 6.00. The third kappa shape index (κ3) is 11.3. The van der Waals surface area contributed by atoms with Crippen LogP contribution in [0.1, 0.15) is 48.3 Å². The maximum Gasteiger partial charge on any atom is 0.490 e. The fourth-order valence-electron chi connectivity index (χ4n) is 4.40. The van der Waals surface area contributed by atoms with Gasteiger partial charge in [-0.25, -0.2) is 9.78 Å². The highest BCUT2D eigenvalue weighted by Crippen LogP contribution is 2.33. The third-order valence-electron chi connectivity index (χ3n) is 6.62. The van der Waals surface area contributed by atoms with E-state index in [9.17, 15) is 22.8 Å². The highest BCUT2D eigenvalue weighted by Gasteiger charge is 2.38. The van der Waals surface area contributed by atoms with E-state index in [1.165, 1.54) is 0 Å². The number of hydrazine groups is 1. The van der Waals surface area contributed by atoms with Gasteiger partial charge in [-0.1, -0.05) is 6.07 Å². The van der Waals surface area contributed by atoms with Crippen LogP contribution in [0.2, 0.25) is 0 Å². The van der Waals surface area contributed by atoms with Crippen LogP contribution in [0.4, 0.5) is 24.7 Å². The molecule has 1 aliphatic heterocycles. The number of hydrogen-bond donors (Lipinski definition) is 6. The summed E-state index contributed by atoms with van der Waals surface area (Å²) in [5.41, 5.74) is 12.8. The number of morpholine rings is 1. The van der Waals surface area contributed by atoms with Gasteiger partial charge in [0.15, 0.2) is 11.5 Å². The lowest BCUT2D eigenvalue weighted by molar-refractivity contribution is -0.192. The van der Waals surface area contributed by atoms with Crippen LogP contribution in [-0.2, 0) is 14.3 Å². The first kappa shape index (κ1) is 37.9. The van der Waals surface area contributed by atoms with Gasteiger partial charge >= 0.3 is 12.1 Å². The van der Waals surface area contributed by atoms with Gasteiger partial charge in [0.25, 0.3) is 11.8 Å². The van der Waals surface area contributed by atoms with Gasteiger partial charge in [0.2, 0.25) is 0 Å². The predicted molar refractivity (Wildman–Crippen MR) is 174 cm³/mol. The number of pyridine rings is 1. The summed E-state index contributed by atoms with van der Waals surface area (Å²) in [6.07, 6.45) is -3.53. The van der Waals surface area contributed by atoms with E-state index in [-0.39, 0.29) is 11.9 Å². The lowest BCUT2D eigenvalue weighted by Gasteiger charge is -2.29. The molecule has 2 heterocycles. The number of nitrogens with two attached hydrogens (primary N) is 1. The molecule has 17 heteroatoms. The van der Waals surface area contributed by atoms with Crippen LogP contribution >= 0.6 is 0 Å². The third-order valence-corrected chi connectivity index (χ3v) is 6.62. The van der Waals surface area contributed by atoms with Gasteiger partial charge in [-0.2, -0.15) is 13.2 Å². The average molecular weight is 690 g/mol. The maximum atomic E-state index is 13.6. The fourth-order valence-corrected chi connectivity index (χ4v) is 4.40. The molecule has 0 bridgehead atoms. The monoisotopic (exact) mass is 689 g/mol. The number of halogens is 3. The summed E-state index contributed by atoms with van der Waals surface area (Å²) in [5.74, 6) is -2.27. The molecule has 1 aromatic heterocycles. The number of ether oxygens (including phenoxy) is 3. The number of alkyl halides is 3. The number of rotatable bonds is 11. The van der Waals surface area contributed by atoms with Gasteiger partial charge in [-0.3, -0.25) is 25.8 Å². The molecule has 2 amide bonds. The van der Waals surface area contributed by atoms with Crippen molar-refractivity contribution in [3.63, 3.8) is 0 Å².